The van der Waals surface area contributed by atoms with Gasteiger partial charge in [-0.25, -0.2) is 4.98 Å². The molecule has 0 atom stereocenters. The minimum atomic E-state index is -4.71. The van der Waals surface area contributed by atoms with Gasteiger partial charge in [0, 0.05) is 17.3 Å². The maximum absolute atomic E-state index is 12.0. The first kappa shape index (κ1) is 12.8. The van der Waals surface area contributed by atoms with Gasteiger partial charge in [0.2, 0.25) is 0 Å². The second-order valence-electron chi connectivity index (χ2n) is 2.71. The Labute approximate surface area is 103 Å². The van der Waals surface area contributed by atoms with Crippen molar-refractivity contribution in [3.8, 4) is 5.75 Å². The highest BCUT2D eigenvalue weighted by atomic mass is 127. The molecule has 0 bridgehead atoms. The molecule has 0 amide bonds. The predicted molar refractivity (Wildman–Crippen MR) is 57.9 cm³/mol. The summed E-state index contributed by atoms with van der Waals surface area (Å²) in [4.78, 5) is 3.99. The topological polar surface area (TPSA) is 22.1 Å². The predicted octanol–water partition coefficient (Wildman–Crippen LogP) is 3.63. The number of aryl methyl sites for hydroxylation is 1. The quantitative estimate of drug-likeness (QED) is 0.461. The van der Waals surface area contributed by atoms with Crippen LogP contribution in [0.2, 0.25) is 0 Å². The monoisotopic (exact) mass is 351 g/mol. The summed E-state index contributed by atoms with van der Waals surface area (Å²) < 4.78 is 40.4. The van der Waals surface area contributed by atoms with Crippen LogP contribution in [0.1, 0.15) is 11.3 Å². The van der Waals surface area contributed by atoms with Gasteiger partial charge in [0.15, 0.2) is 0 Å². The Morgan fingerprint density at radius 2 is 2.13 bits per heavy atom. The van der Waals surface area contributed by atoms with Crippen LogP contribution in [0.25, 0.3) is 0 Å². The summed E-state index contributed by atoms with van der Waals surface area (Å²) in [6.45, 7) is 1.59. The molecular weight excluding hydrogens is 345 g/mol. The Kier molecular flexibility index (Phi) is 4.05. The fraction of sp³-hybridized carbons (Fsp3) is 0.375. The smallest absolute Gasteiger partial charge is 0.405 e. The zero-order valence-electron chi connectivity index (χ0n) is 7.53. The molecule has 0 spiro atoms. The Balaban J connectivity index is 3.15. The Bertz CT molecular complexity index is 370. The molecule has 0 aliphatic heterocycles. The Morgan fingerprint density at radius 1 is 1.53 bits per heavy atom. The summed E-state index contributed by atoms with van der Waals surface area (Å²) in [5, 5.41) is 0. The molecule has 0 saturated carbocycles. The number of nitrogens with zero attached hydrogens (tertiary/aromatic N) is 1. The van der Waals surface area contributed by atoms with Crippen molar-refractivity contribution in [1.82, 2.24) is 4.98 Å². The largest absolute Gasteiger partial charge is 0.573 e. The third-order valence-corrected chi connectivity index (χ3v) is 2.68. The summed E-state index contributed by atoms with van der Waals surface area (Å²) >= 11 is 7.35. The molecule has 1 rings (SSSR count). The first-order chi connectivity index (χ1) is 6.83. The van der Waals surface area contributed by atoms with Gasteiger partial charge >= 0.3 is 6.36 Å². The minimum absolute atomic E-state index is 0.0725. The van der Waals surface area contributed by atoms with Crippen molar-refractivity contribution in [2.75, 3.05) is 0 Å². The van der Waals surface area contributed by atoms with E-state index >= 15 is 0 Å². The maximum Gasteiger partial charge on any atom is 0.573 e. The Morgan fingerprint density at radius 3 is 2.60 bits per heavy atom. The second kappa shape index (κ2) is 4.73. The first-order valence-corrected chi connectivity index (χ1v) is 5.42. The van der Waals surface area contributed by atoms with Crippen LogP contribution in [0.15, 0.2) is 6.07 Å². The lowest BCUT2D eigenvalue weighted by Gasteiger charge is -2.13. The van der Waals surface area contributed by atoms with Gasteiger partial charge in [-0.1, -0.05) is 0 Å². The van der Waals surface area contributed by atoms with Crippen LogP contribution >= 0.6 is 34.2 Å². The molecule has 2 nitrogen and oxygen atoms in total. The molecule has 84 valence electrons. The average molecular weight is 351 g/mol. The van der Waals surface area contributed by atoms with Crippen LogP contribution in [0, 0.1) is 10.6 Å². The van der Waals surface area contributed by atoms with Crippen LogP contribution in [-0.2, 0) is 5.88 Å². The number of alkyl halides is 4. The van der Waals surface area contributed by atoms with E-state index < -0.39 is 6.36 Å². The van der Waals surface area contributed by atoms with Gasteiger partial charge < -0.3 is 4.74 Å². The first-order valence-electron chi connectivity index (χ1n) is 3.81. The molecule has 0 fully saturated rings. The van der Waals surface area contributed by atoms with Crippen molar-refractivity contribution in [3.05, 3.63) is 21.0 Å². The molecule has 0 N–H and O–H groups in total. The molecule has 0 aromatic carbocycles. The van der Waals surface area contributed by atoms with Crippen LogP contribution in [0.3, 0.4) is 0 Å². The molecule has 7 heteroatoms. The molecule has 0 saturated heterocycles. The van der Waals surface area contributed by atoms with Gasteiger partial charge in [-0.15, -0.1) is 24.8 Å². The van der Waals surface area contributed by atoms with Crippen molar-refractivity contribution in [1.29, 1.82) is 0 Å². The third kappa shape index (κ3) is 3.67. The van der Waals surface area contributed by atoms with E-state index in [2.05, 4.69) is 9.72 Å². The van der Waals surface area contributed by atoms with E-state index in [-0.39, 0.29) is 17.2 Å². The summed E-state index contributed by atoms with van der Waals surface area (Å²) in [5.41, 5.74) is 0.702. The van der Waals surface area contributed by atoms with Crippen molar-refractivity contribution < 1.29 is 17.9 Å². The molecule has 1 aromatic rings. The zero-order chi connectivity index (χ0) is 11.6. The number of hydrogen-bond donors (Lipinski definition) is 0. The maximum atomic E-state index is 12.0. The molecule has 1 aromatic heterocycles. The number of rotatable bonds is 2. The Hall–Kier alpha value is -0.240. The molecule has 0 radical (unpaired) electrons. The highest BCUT2D eigenvalue weighted by Gasteiger charge is 2.32. The fourth-order valence-electron chi connectivity index (χ4n) is 0.970. The van der Waals surface area contributed by atoms with E-state index in [1.807, 2.05) is 22.6 Å². The second-order valence-corrected chi connectivity index (χ2v) is 4.00. The van der Waals surface area contributed by atoms with Gasteiger partial charge in [-0.05, 0) is 29.5 Å². The van der Waals surface area contributed by atoms with Crippen LogP contribution < -0.4 is 4.74 Å². The van der Waals surface area contributed by atoms with E-state index in [1.165, 1.54) is 6.07 Å². The SMILES string of the molecule is Cc1cc(OC(F)(F)F)c(CCl)c(I)n1. The summed E-state index contributed by atoms with van der Waals surface area (Å²) in [7, 11) is 0. The fourth-order valence-corrected chi connectivity index (χ4v) is 2.29. The van der Waals surface area contributed by atoms with Gasteiger partial charge in [0.25, 0.3) is 0 Å². The van der Waals surface area contributed by atoms with Gasteiger partial charge in [-0.2, -0.15) is 0 Å². The minimum Gasteiger partial charge on any atom is -0.405 e. The third-order valence-electron chi connectivity index (χ3n) is 1.52. The molecule has 0 aliphatic rings. The number of halogens is 5. The lowest BCUT2D eigenvalue weighted by Crippen LogP contribution is -2.18. The summed E-state index contributed by atoms with van der Waals surface area (Å²) in [6, 6.07) is 1.22. The average Bonchev–Trinajstić information content (AvgIpc) is 1.99. The normalized spacial score (nSPS) is 11.6. The standard InChI is InChI=1S/C8H6ClF3INO/c1-4-2-6(15-8(10,11)12)5(3-9)7(13)14-4/h2H,3H2,1H3. The van der Waals surface area contributed by atoms with Crippen LogP contribution in [0.5, 0.6) is 5.75 Å². The number of ether oxygens (including phenoxy) is 1. The van der Waals surface area contributed by atoms with Gasteiger partial charge in [-0.3, -0.25) is 0 Å². The molecule has 1 heterocycles. The van der Waals surface area contributed by atoms with Crippen LogP contribution in [-0.4, -0.2) is 11.3 Å². The highest BCUT2D eigenvalue weighted by molar-refractivity contribution is 14.1. The number of aromatic nitrogens is 1. The van der Waals surface area contributed by atoms with Crippen molar-refractivity contribution in [2.45, 2.75) is 19.2 Å². The lowest BCUT2D eigenvalue weighted by atomic mass is 10.2. The number of pyridine rings is 1. The molecular formula is C8H6ClF3INO. The van der Waals surface area contributed by atoms with E-state index in [1.54, 1.807) is 6.92 Å². The summed E-state index contributed by atoms with van der Waals surface area (Å²) in [5.74, 6) is -0.355. The molecule has 0 aliphatic carbocycles. The molecule has 0 unspecified atom stereocenters. The van der Waals surface area contributed by atoms with Crippen molar-refractivity contribution in [3.63, 3.8) is 0 Å². The van der Waals surface area contributed by atoms with E-state index in [0.717, 1.165) is 0 Å². The van der Waals surface area contributed by atoms with E-state index in [4.69, 9.17) is 11.6 Å². The van der Waals surface area contributed by atoms with Crippen molar-refractivity contribution in [2.24, 2.45) is 0 Å². The number of hydrogen-bond acceptors (Lipinski definition) is 2. The lowest BCUT2D eigenvalue weighted by molar-refractivity contribution is -0.274. The van der Waals surface area contributed by atoms with E-state index in [9.17, 15) is 13.2 Å². The van der Waals surface area contributed by atoms with E-state index in [0.29, 0.717) is 9.39 Å². The zero-order valence-corrected chi connectivity index (χ0v) is 10.4. The van der Waals surface area contributed by atoms with Crippen molar-refractivity contribution >= 4 is 34.2 Å². The molecule has 15 heavy (non-hydrogen) atoms. The summed E-state index contributed by atoms with van der Waals surface area (Å²) in [6.07, 6.45) is -4.71. The van der Waals surface area contributed by atoms with Gasteiger partial charge in [0.1, 0.15) is 9.45 Å². The van der Waals surface area contributed by atoms with Crippen LogP contribution in [0.4, 0.5) is 13.2 Å². The van der Waals surface area contributed by atoms with Gasteiger partial charge in [0.05, 0.1) is 5.88 Å². The highest BCUT2D eigenvalue weighted by Crippen LogP contribution is 2.30.